The van der Waals surface area contributed by atoms with Crippen molar-refractivity contribution in [3.8, 4) is 0 Å². The molecular formula is C16H11N5O. The van der Waals surface area contributed by atoms with E-state index in [1.165, 1.54) is 0 Å². The second-order valence-electron chi connectivity index (χ2n) is 4.79. The van der Waals surface area contributed by atoms with E-state index in [-0.39, 0.29) is 5.91 Å². The molecule has 0 saturated heterocycles. The molecule has 1 N–H and O–H groups in total. The molecule has 1 amide bonds. The third kappa shape index (κ3) is 2.07. The summed E-state index contributed by atoms with van der Waals surface area (Å²) in [6, 6.07) is 11.4. The number of fused-ring (bicyclic) bond motifs is 2. The number of aromatic nitrogens is 4. The fourth-order valence-electron chi connectivity index (χ4n) is 2.33. The molecule has 0 fully saturated rings. The Morgan fingerprint density at radius 1 is 1.05 bits per heavy atom. The maximum absolute atomic E-state index is 12.4. The van der Waals surface area contributed by atoms with Gasteiger partial charge in [-0.05, 0) is 17.5 Å². The number of carbonyl (C=O) groups excluding carboxylic acids is 1. The molecule has 22 heavy (non-hydrogen) atoms. The molecule has 0 radical (unpaired) electrons. The van der Waals surface area contributed by atoms with Crippen molar-refractivity contribution in [3.63, 3.8) is 0 Å². The van der Waals surface area contributed by atoms with Crippen molar-refractivity contribution in [1.82, 2.24) is 19.4 Å². The van der Waals surface area contributed by atoms with E-state index in [0.717, 1.165) is 10.8 Å². The zero-order chi connectivity index (χ0) is 14.9. The van der Waals surface area contributed by atoms with Gasteiger partial charge in [0.25, 0.3) is 5.91 Å². The molecule has 3 heterocycles. The van der Waals surface area contributed by atoms with Crippen LogP contribution >= 0.6 is 0 Å². The first-order valence-corrected chi connectivity index (χ1v) is 6.76. The van der Waals surface area contributed by atoms with Gasteiger partial charge in [-0.2, -0.15) is 0 Å². The van der Waals surface area contributed by atoms with Gasteiger partial charge in [0.2, 0.25) is 5.78 Å². The number of benzene rings is 1. The standard InChI is InChI=1S/C16H11N5O/c22-15(13-10-21-9-3-7-18-16(21)19-13)20-14-12-5-2-1-4-11(12)6-8-17-14/h1-10H,(H,17,20,22). The molecule has 4 aromatic rings. The summed E-state index contributed by atoms with van der Waals surface area (Å²) in [5.74, 6) is 0.695. The largest absolute Gasteiger partial charge is 0.305 e. The smallest absolute Gasteiger partial charge is 0.277 e. The van der Waals surface area contributed by atoms with Gasteiger partial charge >= 0.3 is 0 Å². The first kappa shape index (κ1) is 12.5. The molecule has 106 valence electrons. The Morgan fingerprint density at radius 3 is 2.86 bits per heavy atom. The molecule has 0 spiro atoms. The average Bonchev–Trinajstić information content (AvgIpc) is 2.99. The highest BCUT2D eigenvalue weighted by atomic mass is 16.2. The number of hydrogen-bond donors (Lipinski definition) is 1. The number of pyridine rings is 1. The van der Waals surface area contributed by atoms with Crippen LogP contribution < -0.4 is 5.32 Å². The van der Waals surface area contributed by atoms with Gasteiger partial charge in [0.1, 0.15) is 11.5 Å². The van der Waals surface area contributed by atoms with E-state index in [1.54, 1.807) is 35.3 Å². The Bertz CT molecular complexity index is 954. The second-order valence-corrected chi connectivity index (χ2v) is 4.79. The predicted molar refractivity (Wildman–Crippen MR) is 82.7 cm³/mol. The summed E-state index contributed by atoms with van der Waals surface area (Å²) < 4.78 is 1.70. The van der Waals surface area contributed by atoms with Gasteiger partial charge in [-0.3, -0.25) is 9.20 Å². The summed E-state index contributed by atoms with van der Waals surface area (Å²) in [4.78, 5) is 24.9. The van der Waals surface area contributed by atoms with Crippen molar-refractivity contribution >= 4 is 28.3 Å². The van der Waals surface area contributed by atoms with E-state index in [1.807, 2.05) is 30.3 Å². The van der Waals surface area contributed by atoms with Gasteiger partial charge in [0.05, 0.1) is 0 Å². The number of hydrogen-bond acceptors (Lipinski definition) is 4. The minimum atomic E-state index is -0.311. The van der Waals surface area contributed by atoms with Crippen LogP contribution in [0.2, 0.25) is 0 Å². The minimum Gasteiger partial charge on any atom is -0.305 e. The second kappa shape index (κ2) is 4.92. The summed E-state index contributed by atoms with van der Waals surface area (Å²) in [7, 11) is 0. The normalized spacial score (nSPS) is 10.9. The van der Waals surface area contributed by atoms with Gasteiger partial charge in [0, 0.05) is 30.2 Å². The Hall–Kier alpha value is -3.28. The molecule has 1 aromatic carbocycles. The van der Waals surface area contributed by atoms with Crippen LogP contribution in [0.1, 0.15) is 10.5 Å². The summed E-state index contributed by atoms with van der Waals surface area (Å²) >= 11 is 0. The minimum absolute atomic E-state index is 0.299. The fourth-order valence-corrected chi connectivity index (χ4v) is 2.33. The molecule has 6 heteroatoms. The van der Waals surface area contributed by atoms with Crippen LogP contribution in [-0.4, -0.2) is 25.3 Å². The lowest BCUT2D eigenvalue weighted by Crippen LogP contribution is -2.13. The van der Waals surface area contributed by atoms with Crippen molar-refractivity contribution in [2.45, 2.75) is 0 Å². The van der Waals surface area contributed by atoms with Crippen molar-refractivity contribution in [2.24, 2.45) is 0 Å². The third-order valence-corrected chi connectivity index (χ3v) is 3.37. The first-order valence-electron chi connectivity index (χ1n) is 6.76. The number of amides is 1. The lowest BCUT2D eigenvalue weighted by molar-refractivity contribution is 0.102. The first-order chi connectivity index (χ1) is 10.8. The molecule has 0 bridgehead atoms. The fraction of sp³-hybridized carbons (Fsp3) is 0. The maximum atomic E-state index is 12.4. The summed E-state index contributed by atoms with van der Waals surface area (Å²) in [5.41, 5.74) is 0.299. The van der Waals surface area contributed by atoms with Crippen LogP contribution in [-0.2, 0) is 0 Å². The van der Waals surface area contributed by atoms with Crippen LogP contribution in [0.3, 0.4) is 0 Å². The Morgan fingerprint density at radius 2 is 1.95 bits per heavy atom. The molecule has 0 saturated carbocycles. The quantitative estimate of drug-likeness (QED) is 0.615. The zero-order valence-electron chi connectivity index (χ0n) is 11.5. The molecule has 0 atom stereocenters. The SMILES string of the molecule is O=C(Nc1nccc2ccccc12)c1cn2cccnc2n1. The Kier molecular flexibility index (Phi) is 2.79. The number of imidazole rings is 1. The van der Waals surface area contributed by atoms with Gasteiger partial charge in [-0.25, -0.2) is 15.0 Å². The summed E-state index contributed by atoms with van der Waals surface area (Å²) in [6.45, 7) is 0. The molecule has 0 unspecified atom stereocenters. The van der Waals surface area contributed by atoms with Crippen molar-refractivity contribution in [2.75, 3.05) is 5.32 Å². The highest BCUT2D eigenvalue weighted by molar-refractivity contribution is 6.07. The molecule has 3 aromatic heterocycles. The van der Waals surface area contributed by atoms with Gasteiger partial charge in [-0.1, -0.05) is 24.3 Å². The van der Waals surface area contributed by atoms with E-state index < -0.39 is 0 Å². The third-order valence-electron chi connectivity index (χ3n) is 3.37. The van der Waals surface area contributed by atoms with Gasteiger partial charge in [-0.15, -0.1) is 0 Å². The molecule has 4 rings (SSSR count). The lowest BCUT2D eigenvalue weighted by Gasteiger charge is -2.05. The van der Waals surface area contributed by atoms with E-state index >= 15 is 0 Å². The Balaban J connectivity index is 1.71. The molecule has 6 nitrogen and oxygen atoms in total. The van der Waals surface area contributed by atoms with Crippen molar-refractivity contribution in [3.05, 3.63) is 66.9 Å². The number of anilines is 1. The topological polar surface area (TPSA) is 72.2 Å². The average molecular weight is 289 g/mol. The monoisotopic (exact) mass is 289 g/mol. The number of nitrogens with one attached hydrogen (secondary N) is 1. The van der Waals surface area contributed by atoms with Crippen LogP contribution in [0.4, 0.5) is 5.82 Å². The van der Waals surface area contributed by atoms with E-state index in [4.69, 9.17) is 0 Å². The molecular weight excluding hydrogens is 278 g/mol. The van der Waals surface area contributed by atoms with E-state index in [2.05, 4.69) is 20.3 Å². The number of rotatable bonds is 2. The maximum Gasteiger partial charge on any atom is 0.277 e. The van der Waals surface area contributed by atoms with Crippen molar-refractivity contribution < 1.29 is 4.79 Å². The van der Waals surface area contributed by atoms with Crippen LogP contribution in [0.5, 0.6) is 0 Å². The van der Waals surface area contributed by atoms with Crippen molar-refractivity contribution in [1.29, 1.82) is 0 Å². The summed E-state index contributed by atoms with van der Waals surface area (Å²) in [5, 5.41) is 4.72. The molecule has 0 aliphatic rings. The van der Waals surface area contributed by atoms with Gasteiger partial charge in [0.15, 0.2) is 0 Å². The molecule has 0 aliphatic heterocycles. The van der Waals surface area contributed by atoms with E-state index in [9.17, 15) is 4.79 Å². The van der Waals surface area contributed by atoms with Gasteiger partial charge < -0.3 is 5.32 Å². The Labute approximate surface area is 125 Å². The number of nitrogens with zero attached hydrogens (tertiary/aromatic N) is 4. The lowest BCUT2D eigenvalue weighted by atomic mass is 10.1. The predicted octanol–water partition coefficient (Wildman–Crippen LogP) is 2.53. The van der Waals surface area contributed by atoms with Crippen LogP contribution in [0, 0.1) is 0 Å². The summed E-state index contributed by atoms with van der Waals surface area (Å²) in [6.07, 6.45) is 6.74. The zero-order valence-corrected chi connectivity index (χ0v) is 11.5. The number of carbonyl (C=O) groups is 1. The molecule has 0 aliphatic carbocycles. The van der Waals surface area contributed by atoms with Crippen LogP contribution in [0.25, 0.3) is 16.6 Å². The highest BCUT2D eigenvalue weighted by Gasteiger charge is 2.13. The highest BCUT2D eigenvalue weighted by Crippen LogP contribution is 2.20. The van der Waals surface area contributed by atoms with Crippen LogP contribution in [0.15, 0.2) is 61.2 Å². The van der Waals surface area contributed by atoms with E-state index in [0.29, 0.717) is 17.3 Å².